The molecule has 2 aromatic rings. The Kier molecular flexibility index (Phi) is 26.0. The molecule has 0 bridgehead atoms. The molecule has 0 aliphatic heterocycles. The van der Waals surface area contributed by atoms with Crippen LogP contribution >= 0.6 is 0 Å². The molecule has 2 aromatic carbocycles. The Hall–Kier alpha value is -4.15. The van der Waals surface area contributed by atoms with Crippen LogP contribution in [0.15, 0.2) is 48.6 Å². The first-order valence-corrected chi connectivity index (χ1v) is 18.7. The van der Waals surface area contributed by atoms with E-state index in [0.717, 1.165) is 12.8 Å². The number of ketones is 2. The molecule has 0 amide bonds. The monoisotopic (exact) mass is 726 g/mol. The number of aliphatic hydroxyl groups is 2. The third-order valence-corrected chi connectivity index (χ3v) is 8.31. The van der Waals surface area contributed by atoms with Crippen molar-refractivity contribution in [2.45, 2.75) is 122 Å². The van der Waals surface area contributed by atoms with Crippen LogP contribution in [-0.4, -0.2) is 71.5 Å². The first-order valence-electron chi connectivity index (χ1n) is 18.7. The molecule has 0 aliphatic rings. The Bertz CT molecular complexity index is 1280. The van der Waals surface area contributed by atoms with E-state index in [4.69, 9.17) is 24.4 Å². The Morgan fingerprint density at radius 3 is 1.44 bits per heavy atom. The van der Waals surface area contributed by atoms with Crippen LogP contribution in [0.1, 0.15) is 127 Å². The van der Waals surface area contributed by atoms with Crippen molar-refractivity contribution in [3.05, 3.63) is 59.7 Å². The van der Waals surface area contributed by atoms with Crippen molar-refractivity contribution in [2.24, 2.45) is 0 Å². The molecule has 0 heterocycles. The van der Waals surface area contributed by atoms with Gasteiger partial charge in [0.2, 0.25) is 0 Å². The summed E-state index contributed by atoms with van der Waals surface area (Å²) in [5.74, 6) is -0.359. The molecule has 1 atom stereocenters. The lowest BCUT2D eigenvalue weighted by Gasteiger charge is -2.08. The number of phenolic OH excluding ortho intramolecular Hbond substituents is 2. The number of carbonyl (C=O) groups is 3. The zero-order valence-electron chi connectivity index (χ0n) is 31.5. The van der Waals surface area contributed by atoms with Crippen LogP contribution < -0.4 is 9.47 Å². The van der Waals surface area contributed by atoms with Crippen LogP contribution in [-0.2, 0) is 19.1 Å². The molecular formula is C42H62O10. The van der Waals surface area contributed by atoms with E-state index in [2.05, 4.69) is 6.92 Å². The largest absolute Gasteiger partial charge is 0.504 e. The van der Waals surface area contributed by atoms with Gasteiger partial charge in [-0.3, -0.25) is 14.4 Å². The van der Waals surface area contributed by atoms with E-state index >= 15 is 0 Å². The summed E-state index contributed by atoms with van der Waals surface area (Å²) in [6, 6.07) is 9.34. The number of benzene rings is 2. The topological polar surface area (TPSA) is 160 Å². The van der Waals surface area contributed by atoms with Crippen LogP contribution in [0.25, 0.3) is 12.2 Å². The lowest BCUT2D eigenvalue weighted by Crippen LogP contribution is -2.21. The third-order valence-electron chi connectivity index (χ3n) is 8.31. The maximum absolute atomic E-state index is 11.9. The predicted molar refractivity (Wildman–Crippen MR) is 206 cm³/mol. The summed E-state index contributed by atoms with van der Waals surface area (Å²) >= 11 is 0. The Balaban J connectivity index is 0.000000522. The van der Waals surface area contributed by atoms with Gasteiger partial charge in [0.05, 0.1) is 27.2 Å². The van der Waals surface area contributed by atoms with Gasteiger partial charge < -0.3 is 34.6 Å². The van der Waals surface area contributed by atoms with Gasteiger partial charge >= 0.3 is 5.97 Å². The number of unbranched alkanes of at least 4 members (excludes halogenated alkanes) is 14. The van der Waals surface area contributed by atoms with Crippen molar-refractivity contribution in [3.63, 3.8) is 0 Å². The van der Waals surface area contributed by atoms with Crippen molar-refractivity contribution < 1.29 is 49.0 Å². The van der Waals surface area contributed by atoms with E-state index < -0.39 is 6.10 Å². The number of esters is 1. The second-order valence-corrected chi connectivity index (χ2v) is 12.9. The number of hydrogen-bond donors (Lipinski definition) is 4. The molecule has 4 N–H and O–H groups in total. The highest BCUT2D eigenvalue weighted by molar-refractivity contribution is 6.10. The zero-order valence-corrected chi connectivity index (χ0v) is 31.5. The van der Waals surface area contributed by atoms with E-state index in [1.807, 2.05) is 0 Å². The number of methoxy groups -OCH3 is 2. The Labute approximate surface area is 310 Å². The molecule has 0 fully saturated rings. The van der Waals surface area contributed by atoms with Crippen molar-refractivity contribution in [3.8, 4) is 23.0 Å². The second kappa shape index (κ2) is 29.4. The van der Waals surface area contributed by atoms with Gasteiger partial charge in [0.15, 0.2) is 34.6 Å². The minimum Gasteiger partial charge on any atom is -0.504 e. The van der Waals surface area contributed by atoms with Gasteiger partial charge in [-0.2, -0.15) is 0 Å². The molecule has 290 valence electrons. The van der Waals surface area contributed by atoms with Crippen LogP contribution in [0.2, 0.25) is 0 Å². The highest BCUT2D eigenvalue weighted by Gasteiger charge is 2.08. The van der Waals surface area contributed by atoms with Gasteiger partial charge in [0.1, 0.15) is 12.7 Å². The minimum absolute atomic E-state index is 0.00662. The van der Waals surface area contributed by atoms with Gasteiger partial charge in [-0.25, -0.2) is 0 Å². The number of aliphatic hydroxyl groups excluding tert-OH is 2. The number of rotatable bonds is 27. The van der Waals surface area contributed by atoms with E-state index in [-0.39, 0.29) is 48.7 Å². The number of hydrogen-bond acceptors (Lipinski definition) is 10. The summed E-state index contributed by atoms with van der Waals surface area (Å²) in [4.78, 5) is 35.2. The normalized spacial score (nSPS) is 11.6. The van der Waals surface area contributed by atoms with Gasteiger partial charge in [0, 0.05) is 6.42 Å². The predicted octanol–water partition coefficient (Wildman–Crippen LogP) is 8.51. The smallest absolute Gasteiger partial charge is 0.305 e. The molecular weight excluding hydrogens is 664 g/mol. The summed E-state index contributed by atoms with van der Waals surface area (Å²) in [6.07, 6.45) is 24.5. The maximum atomic E-state index is 11.9. The molecule has 0 saturated heterocycles. The summed E-state index contributed by atoms with van der Waals surface area (Å²) in [5, 5.41) is 36.8. The third kappa shape index (κ3) is 22.6. The molecule has 0 aromatic heterocycles. The van der Waals surface area contributed by atoms with Crippen LogP contribution in [0, 0.1) is 0 Å². The fourth-order valence-corrected chi connectivity index (χ4v) is 5.22. The number of phenols is 2. The van der Waals surface area contributed by atoms with Crippen LogP contribution in [0.4, 0.5) is 0 Å². The summed E-state index contributed by atoms with van der Waals surface area (Å²) < 4.78 is 14.9. The molecule has 0 aliphatic carbocycles. The van der Waals surface area contributed by atoms with E-state index in [0.29, 0.717) is 29.0 Å². The minimum atomic E-state index is -0.954. The summed E-state index contributed by atoms with van der Waals surface area (Å²) in [6.45, 7) is 1.79. The van der Waals surface area contributed by atoms with Crippen molar-refractivity contribution in [1.82, 2.24) is 0 Å². The van der Waals surface area contributed by atoms with Gasteiger partial charge in [0.25, 0.3) is 0 Å². The Morgan fingerprint density at radius 1 is 0.654 bits per heavy atom. The number of ether oxygens (including phenoxy) is 3. The van der Waals surface area contributed by atoms with Gasteiger partial charge in [-0.15, -0.1) is 0 Å². The van der Waals surface area contributed by atoms with E-state index in [9.17, 15) is 24.6 Å². The highest BCUT2D eigenvalue weighted by atomic mass is 16.5. The molecule has 1 unspecified atom stereocenters. The first-order chi connectivity index (χ1) is 25.1. The SMILES string of the molecule is CCCCCCCCCCCCCCCCCC(=O)OCC(O)CO.COc1cc(/C=C/C(=O)CC(=O)/C=C/c2ccc(O)c(OC)c2)ccc1O. The highest BCUT2D eigenvalue weighted by Crippen LogP contribution is 2.27. The lowest BCUT2D eigenvalue weighted by molar-refractivity contribution is -0.147. The van der Waals surface area contributed by atoms with E-state index in [1.165, 1.54) is 122 Å². The van der Waals surface area contributed by atoms with Crippen LogP contribution in [0.3, 0.4) is 0 Å². The zero-order chi connectivity index (χ0) is 38.4. The second-order valence-electron chi connectivity index (χ2n) is 12.9. The molecule has 0 radical (unpaired) electrons. The fraction of sp³-hybridized carbons (Fsp3) is 0.548. The molecule has 52 heavy (non-hydrogen) atoms. The summed E-state index contributed by atoms with van der Waals surface area (Å²) in [5.41, 5.74) is 1.33. The van der Waals surface area contributed by atoms with E-state index in [1.54, 1.807) is 36.4 Å². The number of carbonyl (C=O) groups excluding carboxylic acids is 3. The Morgan fingerprint density at radius 2 is 1.06 bits per heavy atom. The molecule has 10 heteroatoms. The molecule has 0 spiro atoms. The maximum Gasteiger partial charge on any atom is 0.305 e. The number of allylic oxidation sites excluding steroid dienone is 2. The summed E-state index contributed by atoms with van der Waals surface area (Å²) in [7, 11) is 2.87. The average molecular weight is 727 g/mol. The van der Waals surface area contributed by atoms with Crippen molar-refractivity contribution in [1.29, 1.82) is 0 Å². The quantitative estimate of drug-likeness (QED) is 0.0304. The average Bonchev–Trinajstić information content (AvgIpc) is 3.14. The van der Waals surface area contributed by atoms with Gasteiger partial charge in [-0.05, 0) is 54.0 Å². The lowest BCUT2D eigenvalue weighted by atomic mass is 10.0. The molecule has 2 rings (SSSR count). The molecule has 0 saturated carbocycles. The van der Waals surface area contributed by atoms with Crippen LogP contribution in [0.5, 0.6) is 23.0 Å². The molecule has 10 nitrogen and oxygen atoms in total. The van der Waals surface area contributed by atoms with Crippen molar-refractivity contribution in [2.75, 3.05) is 27.4 Å². The number of aromatic hydroxyl groups is 2. The first kappa shape index (κ1) is 45.9. The van der Waals surface area contributed by atoms with Gasteiger partial charge in [-0.1, -0.05) is 121 Å². The standard InChI is InChI=1S/C21H20O6.C21H42O4/c1-26-20-11-14(5-9-18(20)24)3-7-16(22)13-17(23)8-4-15-6-10-19(25)21(12-15)27-2;1-2-3-4-5-6-7-8-9-10-11-12-13-14-15-16-17-21(24)25-19-20(23)18-22/h3-12,24-25H,13H2,1-2H3;20,22-23H,2-19H2,1H3/b7-3+,8-4+;. The fourth-order valence-electron chi connectivity index (χ4n) is 5.22. The van der Waals surface area contributed by atoms with Crippen molar-refractivity contribution >= 4 is 29.7 Å².